The van der Waals surface area contributed by atoms with Gasteiger partial charge in [0, 0.05) is 19.5 Å². The van der Waals surface area contributed by atoms with Crippen LogP contribution >= 0.6 is 0 Å². The molecule has 0 aromatic carbocycles. The van der Waals surface area contributed by atoms with Gasteiger partial charge in [-0.25, -0.2) is 4.98 Å². The largest absolute Gasteiger partial charge is 0.378 e. The van der Waals surface area contributed by atoms with Crippen LogP contribution in [0.4, 0.5) is 11.5 Å². The molecule has 0 unspecified atom stereocenters. The summed E-state index contributed by atoms with van der Waals surface area (Å²) in [5.41, 5.74) is 1.09. The van der Waals surface area contributed by atoms with E-state index in [0.717, 1.165) is 44.3 Å². The van der Waals surface area contributed by atoms with Gasteiger partial charge in [0.25, 0.3) is 0 Å². The summed E-state index contributed by atoms with van der Waals surface area (Å²) in [6, 6.07) is 3.91. The monoisotopic (exact) mass is 303 g/mol. The first-order valence-electron chi connectivity index (χ1n) is 8.40. The third-order valence-electron chi connectivity index (χ3n) is 4.65. The molecule has 2 heterocycles. The van der Waals surface area contributed by atoms with Gasteiger partial charge < -0.3 is 15.0 Å². The Labute approximate surface area is 132 Å². The van der Waals surface area contributed by atoms with Crippen LogP contribution in [0, 0.1) is 5.92 Å². The van der Waals surface area contributed by atoms with Crippen LogP contribution in [0.3, 0.4) is 0 Å². The van der Waals surface area contributed by atoms with Crippen LogP contribution in [0.1, 0.15) is 38.5 Å². The van der Waals surface area contributed by atoms with E-state index in [1.807, 2.05) is 18.3 Å². The summed E-state index contributed by atoms with van der Waals surface area (Å²) < 4.78 is 5.35. The number of hydrogen-bond acceptors (Lipinski definition) is 4. The van der Waals surface area contributed by atoms with Gasteiger partial charge >= 0.3 is 0 Å². The van der Waals surface area contributed by atoms with Crippen LogP contribution in [-0.2, 0) is 9.53 Å². The van der Waals surface area contributed by atoms with Crippen molar-refractivity contribution in [1.29, 1.82) is 0 Å². The van der Waals surface area contributed by atoms with E-state index in [1.54, 1.807) is 0 Å². The highest BCUT2D eigenvalue weighted by Crippen LogP contribution is 2.28. The zero-order chi connectivity index (χ0) is 15.2. The van der Waals surface area contributed by atoms with Crippen LogP contribution in [0.25, 0.3) is 0 Å². The zero-order valence-corrected chi connectivity index (χ0v) is 13.1. The molecule has 1 aromatic rings. The zero-order valence-electron chi connectivity index (χ0n) is 13.1. The molecule has 1 aliphatic carbocycles. The van der Waals surface area contributed by atoms with Crippen molar-refractivity contribution in [2.75, 3.05) is 36.5 Å². The maximum absolute atomic E-state index is 12.0. The van der Waals surface area contributed by atoms with Gasteiger partial charge in [0.2, 0.25) is 5.91 Å². The van der Waals surface area contributed by atoms with E-state index in [-0.39, 0.29) is 5.91 Å². The highest BCUT2D eigenvalue weighted by molar-refractivity contribution is 5.89. The molecular weight excluding hydrogens is 278 g/mol. The first-order chi connectivity index (χ1) is 10.8. The molecule has 1 N–H and O–H groups in total. The van der Waals surface area contributed by atoms with Crippen molar-refractivity contribution in [2.24, 2.45) is 5.92 Å². The van der Waals surface area contributed by atoms with Gasteiger partial charge in [-0.3, -0.25) is 4.79 Å². The van der Waals surface area contributed by atoms with E-state index in [0.29, 0.717) is 12.2 Å². The number of amides is 1. The van der Waals surface area contributed by atoms with E-state index < -0.39 is 0 Å². The van der Waals surface area contributed by atoms with E-state index >= 15 is 0 Å². The Balaban J connectivity index is 1.46. The summed E-state index contributed by atoms with van der Waals surface area (Å²) in [5, 5.41) is 2.90. The van der Waals surface area contributed by atoms with Crippen molar-refractivity contribution in [1.82, 2.24) is 4.98 Å². The van der Waals surface area contributed by atoms with Crippen molar-refractivity contribution < 1.29 is 9.53 Å². The van der Waals surface area contributed by atoms with Gasteiger partial charge in [0.1, 0.15) is 5.82 Å². The molecule has 0 radical (unpaired) electrons. The number of aromatic nitrogens is 1. The molecule has 1 aliphatic heterocycles. The third kappa shape index (κ3) is 4.19. The fraction of sp³-hybridized carbons (Fsp3) is 0.647. The molecule has 22 heavy (non-hydrogen) atoms. The maximum atomic E-state index is 12.0. The molecule has 5 nitrogen and oxygen atoms in total. The van der Waals surface area contributed by atoms with Crippen LogP contribution in [0.5, 0.6) is 0 Å². The standard InChI is InChI=1S/C17H25N3O2/c21-17(8-5-14-3-1-2-4-14)19-16-7-6-15(13-18-16)20-9-11-22-12-10-20/h6-7,13-14H,1-5,8-12H2,(H,18,19,21). The average Bonchev–Trinajstić information content (AvgIpc) is 3.08. The molecule has 5 heteroatoms. The number of hydrogen-bond donors (Lipinski definition) is 1. The van der Waals surface area contributed by atoms with Gasteiger partial charge in [-0.2, -0.15) is 0 Å². The Morgan fingerprint density at radius 3 is 2.73 bits per heavy atom. The summed E-state index contributed by atoms with van der Waals surface area (Å²) in [6.45, 7) is 3.32. The van der Waals surface area contributed by atoms with Gasteiger partial charge in [0.05, 0.1) is 25.1 Å². The molecule has 1 aromatic heterocycles. The highest BCUT2D eigenvalue weighted by Gasteiger charge is 2.16. The molecular formula is C17H25N3O2. The second-order valence-corrected chi connectivity index (χ2v) is 6.24. The van der Waals surface area contributed by atoms with Crippen LogP contribution in [0.2, 0.25) is 0 Å². The first-order valence-corrected chi connectivity index (χ1v) is 8.40. The summed E-state index contributed by atoms with van der Waals surface area (Å²) >= 11 is 0. The van der Waals surface area contributed by atoms with Crippen molar-refractivity contribution in [3.05, 3.63) is 18.3 Å². The van der Waals surface area contributed by atoms with Gasteiger partial charge in [-0.1, -0.05) is 25.7 Å². The molecule has 120 valence electrons. The number of nitrogens with one attached hydrogen (secondary N) is 1. The van der Waals surface area contributed by atoms with Crippen molar-refractivity contribution >= 4 is 17.4 Å². The number of ether oxygens (including phenoxy) is 1. The molecule has 2 fully saturated rings. The predicted octanol–water partition coefficient (Wildman–Crippen LogP) is 2.83. The molecule has 0 bridgehead atoms. The summed E-state index contributed by atoms with van der Waals surface area (Å²) in [7, 11) is 0. The number of morpholine rings is 1. The Kier molecular flexibility index (Phi) is 5.27. The Bertz CT molecular complexity index is 477. The Morgan fingerprint density at radius 2 is 2.05 bits per heavy atom. The number of carbonyl (C=O) groups excluding carboxylic acids is 1. The minimum atomic E-state index is 0.0820. The van der Waals surface area contributed by atoms with Crippen molar-refractivity contribution in [3.63, 3.8) is 0 Å². The second-order valence-electron chi connectivity index (χ2n) is 6.24. The predicted molar refractivity (Wildman–Crippen MR) is 87.1 cm³/mol. The van der Waals surface area contributed by atoms with E-state index in [4.69, 9.17) is 4.74 Å². The minimum absolute atomic E-state index is 0.0820. The number of nitrogens with zero attached hydrogens (tertiary/aromatic N) is 2. The summed E-state index contributed by atoms with van der Waals surface area (Å²) in [5.74, 6) is 1.48. The first kappa shape index (κ1) is 15.3. The highest BCUT2D eigenvalue weighted by atomic mass is 16.5. The lowest BCUT2D eigenvalue weighted by Crippen LogP contribution is -2.36. The van der Waals surface area contributed by atoms with E-state index in [1.165, 1.54) is 25.7 Å². The van der Waals surface area contributed by atoms with Crippen molar-refractivity contribution in [3.8, 4) is 0 Å². The number of rotatable bonds is 5. The molecule has 0 spiro atoms. The quantitative estimate of drug-likeness (QED) is 0.909. The maximum Gasteiger partial charge on any atom is 0.225 e. The molecule has 3 rings (SSSR count). The SMILES string of the molecule is O=C(CCC1CCCC1)Nc1ccc(N2CCOCC2)cn1. The summed E-state index contributed by atoms with van der Waals surface area (Å²) in [4.78, 5) is 18.6. The summed E-state index contributed by atoms with van der Waals surface area (Å²) in [6.07, 6.45) is 8.69. The van der Waals surface area contributed by atoms with Crippen molar-refractivity contribution in [2.45, 2.75) is 38.5 Å². The second kappa shape index (κ2) is 7.58. The lowest BCUT2D eigenvalue weighted by atomic mass is 10.0. The van der Waals surface area contributed by atoms with Gasteiger partial charge in [-0.15, -0.1) is 0 Å². The van der Waals surface area contributed by atoms with E-state index in [2.05, 4.69) is 15.2 Å². The molecule has 1 saturated carbocycles. The number of anilines is 2. The molecule has 0 atom stereocenters. The topological polar surface area (TPSA) is 54.5 Å². The minimum Gasteiger partial charge on any atom is -0.378 e. The lowest BCUT2D eigenvalue weighted by molar-refractivity contribution is -0.116. The average molecular weight is 303 g/mol. The van der Waals surface area contributed by atoms with Gasteiger partial charge in [-0.05, 0) is 24.5 Å². The Hall–Kier alpha value is -1.62. The van der Waals surface area contributed by atoms with Gasteiger partial charge in [0.15, 0.2) is 0 Å². The van der Waals surface area contributed by atoms with Crippen LogP contribution < -0.4 is 10.2 Å². The van der Waals surface area contributed by atoms with Crippen LogP contribution in [-0.4, -0.2) is 37.2 Å². The fourth-order valence-electron chi connectivity index (χ4n) is 3.31. The number of pyridine rings is 1. The van der Waals surface area contributed by atoms with E-state index in [9.17, 15) is 4.79 Å². The smallest absolute Gasteiger partial charge is 0.225 e. The van der Waals surface area contributed by atoms with Crippen LogP contribution in [0.15, 0.2) is 18.3 Å². The fourth-order valence-corrected chi connectivity index (χ4v) is 3.31. The molecule has 1 saturated heterocycles. The molecule has 2 aliphatic rings. The lowest BCUT2D eigenvalue weighted by Gasteiger charge is -2.28. The normalized spacial score (nSPS) is 19.4. The number of carbonyl (C=O) groups is 1. The third-order valence-corrected chi connectivity index (χ3v) is 4.65. The molecule has 1 amide bonds. The Morgan fingerprint density at radius 1 is 1.27 bits per heavy atom.